The molecule has 4 nitrogen and oxygen atoms in total. The predicted octanol–water partition coefficient (Wildman–Crippen LogP) is 1.84. The summed E-state index contributed by atoms with van der Waals surface area (Å²) in [7, 11) is 1.85. The second-order valence-corrected chi connectivity index (χ2v) is 4.32. The molecule has 2 rings (SSSR count). The zero-order valence-electron chi connectivity index (χ0n) is 10.9. The molecule has 1 aliphatic heterocycles. The summed E-state index contributed by atoms with van der Waals surface area (Å²) in [5.41, 5.74) is 2.33. The molecule has 0 spiro atoms. The van der Waals surface area contributed by atoms with Gasteiger partial charge in [0, 0.05) is 12.5 Å². The molecule has 0 bridgehead atoms. The van der Waals surface area contributed by atoms with Crippen LogP contribution in [0.5, 0.6) is 5.75 Å². The highest BCUT2D eigenvalue weighted by atomic mass is 16.5. The van der Waals surface area contributed by atoms with Crippen molar-refractivity contribution in [3.05, 3.63) is 29.3 Å². The van der Waals surface area contributed by atoms with Crippen LogP contribution in [-0.2, 0) is 16.0 Å². The molecule has 0 amide bonds. The first-order chi connectivity index (χ1) is 8.74. The third-order valence-corrected chi connectivity index (χ3v) is 3.14. The lowest BCUT2D eigenvalue weighted by Gasteiger charge is -2.16. The normalized spacial score (nSPS) is 14.8. The summed E-state index contributed by atoms with van der Waals surface area (Å²) in [6.45, 7) is 2.99. The summed E-state index contributed by atoms with van der Waals surface area (Å²) >= 11 is 0. The molecule has 1 aromatic carbocycles. The third-order valence-electron chi connectivity index (χ3n) is 3.14. The molecule has 1 heterocycles. The van der Waals surface area contributed by atoms with Crippen LogP contribution in [0.25, 0.3) is 0 Å². The second kappa shape index (κ2) is 5.87. The minimum Gasteiger partial charge on any atom is -0.493 e. The highest BCUT2D eigenvalue weighted by Crippen LogP contribution is 2.29. The molecule has 0 saturated heterocycles. The van der Waals surface area contributed by atoms with E-state index in [-0.39, 0.29) is 12.0 Å². The van der Waals surface area contributed by atoms with Crippen molar-refractivity contribution in [3.8, 4) is 5.75 Å². The zero-order valence-corrected chi connectivity index (χ0v) is 10.9. The number of hydrogen-bond acceptors (Lipinski definition) is 4. The van der Waals surface area contributed by atoms with Gasteiger partial charge in [-0.2, -0.15) is 0 Å². The van der Waals surface area contributed by atoms with Crippen LogP contribution in [0.2, 0.25) is 0 Å². The number of carbonyl (C=O) groups excluding carboxylic acids is 1. The van der Waals surface area contributed by atoms with E-state index >= 15 is 0 Å². The van der Waals surface area contributed by atoms with Gasteiger partial charge in [0.25, 0.3) is 0 Å². The lowest BCUT2D eigenvalue weighted by Crippen LogP contribution is -2.21. The maximum Gasteiger partial charge on any atom is 0.307 e. The SMILES string of the molecule is CCOC(=O)CC(NC)c1ccc2c(c1)CCO2. The lowest BCUT2D eigenvalue weighted by molar-refractivity contribution is -0.143. The van der Waals surface area contributed by atoms with Crippen molar-refractivity contribution in [3.63, 3.8) is 0 Å². The summed E-state index contributed by atoms with van der Waals surface area (Å²) in [4.78, 5) is 11.5. The monoisotopic (exact) mass is 249 g/mol. The van der Waals surface area contributed by atoms with Crippen molar-refractivity contribution in [1.29, 1.82) is 0 Å². The predicted molar refractivity (Wildman–Crippen MR) is 68.7 cm³/mol. The fourth-order valence-electron chi connectivity index (χ4n) is 2.20. The Bertz CT molecular complexity index is 431. The molecule has 1 unspecified atom stereocenters. The van der Waals surface area contributed by atoms with E-state index in [1.54, 1.807) is 0 Å². The highest BCUT2D eigenvalue weighted by Gasteiger charge is 2.18. The molecule has 0 saturated carbocycles. The van der Waals surface area contributed by atoms with Crippen LogP contribution < -0.4 is 10.1 Å². The quantitative estimate of drug-likeness (QED) is 0.809. The fraction of sp³-hybridized carbons (Fsp3) is 0.500. The Morgan fingerprint density at radius 2 is 2.39 bits per heavy atom. The largest absolute Gasteiger partial charge is 0.493 e. The maximum absolute atomic E-state index is 11.5. The van der Waals surface area contributed by atoms with E-state index < -0.39 is 0 Å². The van der Waals surface area contributed by atoms with Gasteiger partial charge < -0.3 is 14.8 Å². The van der Waals surface area contributed by atoms with Crippen molar-refractivity contribution in [2.75, 3.05) is 20.3 Å². The van der Waals surface area contributed by atoms with E-state index in [2.05, 4.69) is 11.4 Å². The summed E-state index contributed by atoms with van der Waals surface area (Å²) in [5.74, 6) is 0.790. The molecule has 1 aromatic rings. The van der Waals surface area contributed by atoms with Crippen molar-refractivity contribution < 1.29 is 14.3 Å². The first kappa shape index (κ1) is 12.9. The van der Waals surface area contributed by atoms with Gasteiger partial charge in [-0.05, 0) is 31.2 Å². The van der Waals surface area contributed by atoms with Crippen LogP contribution in [0, 0.1) is 0 Å². The molecule has 0 radical (unpaired) electrons. The molecule has 18 heavy (non-hydrogen) atoms. The first-order valence-corrected chi connectivity index (χ1v) is 6.33. The molecule has 98 valence electrons. The van der Waals surface area contributed by atoms with Gasteiger partial charge in [0.2, 0.25) is 0 Å². The van der Waals surface area contributed by atoms with E-state index in [1.807, 2.05) is 26.1 Å². The van der Waals surface area contributed by atoms with E-state index in [0.717, 1.165) is 24.3 Å². The van der Waals surface area contributed by atoms with E-state index in [0.29, 0.717) is 13.0 Å². The van der Waals surface area contributed by atoms with Gasteiger partial charge in [0.15, 0.2) is 0 Å². The Balaban J connectivity index is 2.10. The molecule has 1 N–H and O–H groups in total. The van der Waals surface area contributed by atoms with E-state index in [1.165, 1.54) is 5.56 Å². The van der Waals surface area contributed by atoms with Gasteiger partial charge in [-0.25, -0.2) is 0 Å². The number of ether oxygens (including phenoxy) is 2. The third kappa shape index (κ3) is 2.82. The molecule has 0 aliphatic carbocycles. The lowest BCUT2D eigenvalue weighted by atomic mass is 10.0. The number of fused-ring (bicyclic) bond motifs is 1. The van der Waals surface area contributed by atoms with Gasteiger partial charge in [0.05, 0.1) is 19.6 Å². The molecule has 4 heteroatoms. The molecular formula is C14H19NO3. The van der Waals surface area contributed by atoms with Crippen LogP contribution >= 0.6 is 0 Å². The Morgan fingerprint density at radius 1 is 1.56 bits per heavy atom. The van der Waals surface area contributed by atoms with Gasteiger partial charge >= 0.3 is 5.97 Å². The standard InChI is InChI=1S/C14H19NO3/c1-3-17-14(16)9-12(15-2)10-4-5-13-11(8-10)6-7-18-13/h4-5,8,12,15H,3,6-7,9H2,1-2H3. The number of esters is 1. The average molecular weight is 249 g/mol. The maximum atomic E-state index is 11.5. The minimum absolute atomic E-state index is 0.00468. The number of benzene rings is 1. The van der Waals surface area contributed by atoms with Crippen LogP contribution in [-0.4, -0.2) is 26.2 Å². The first-order valence-electron chi connectivity index (χ1n) is 6.33. The summed E-state index contributed by atoms with van der Waals surface area (Å²) in [5, 5.41) is 3.16. The van der Waals surface area contributed by atoms with Gasteiger partial charge in [-0.3, -0.25) is 4.79 Å². The van der Waals surface area contributed by atoms with Crippen molar-refractivity contribution in [2.24, 2.45) is 0 Å². The van der Waals surface area contributed by atoms with Crippen LogP contribution in [0.15, 0.2) is 18.2 Å². The number of nitrogens with one attached hydrogen (secondary N) is 1. The number of carbonyl (C=O) groups is 1. The Kier molecular flexibility index (Phi) is 4.20. The van der Waals surface area contributed by atoms with Crippen molar-refractivity contribution >= 4 is 5.97 Å². The molecule has 0 fully saturated rings. The van der Waals surface area contributed by atoms with Crippen LogP contribution in [0.3, 0.4) is 0 Å². The number of hydrogen-bond donors (Lipinski definition) is 1. The number of rotatable bonds is 5. The smallest absolute Gasteiger partial charge is 0.307 e. The second-order valence-electron chi connectivity index (χ2n) is 4.32. The molecule has 1 aliphatic rings. The Hall–Kier alpha value is -1.55. The van der Waals surface area contributed by atoms with E-state index in [4.69, 9.17) is 9.47 Å². The topological polar surface area (TPSA) is 47.6 Å². The van der Waals surface area contributed by atoms with Crippen molar-refractivity contribution in [1.82, 2.24) is 5.32 Å². The van der Waals surface area contributed by atoms with E-state index in [9.17, 15) is 4.79 Å². The minimum atomic E-state index is -0.173. The highest BCUT2D eigenvalue weighted by molar-refractivity contribution is 5.70. The van der Waals surface area contributed by atoms with Gasteiger partial charge in [0.1, 0.15) is 5.75 Å². The molecule has 1 atom stereocenters. The zero-order chi connectivity index (χ0) is 13.0. The summed E-state index contributed by atoms with van der Waals surface area (Å²) in [6.07, 6.45) is 1.29. The molecular weight excluding hydrogens is 230 g/mol. The van der Waals surface area contributed by atoms with Crippen LogP contribution in [0.1, 0.15) is 30.5 Å². The summed E-state index contributed by atoms with van der Waals surface area (Å²) < 4.78 is 10.5. The van der Waals surface area contributed by atoms with Gasteiger partial charge in [-0.1, -0.05) is 12.1 Å². The average Bonchev–Trinajstić information content (AvgIpc) is 2.83. The fourth-order valence-corrected chi connectivity index (χ4v) is 2.20. The Labute approximate surface area is 107 Å². The van der Waals surface area contributed by atoms with Crippen molar-refractivity contribution in [2.45, 2.75) is 25.8 Å². The van der Waals surface area contributed by atoms with Gasteiger partial charge in [-0.15, -0.1) is 0 Å². The Morgan fingerprint density at radius 3 is 3.11 bits per heavy atom. The summed E-state index contributed by atoms with van der Waals surface area (Å²) in [6, 6.07) is 6.09. The molecule has 0 aromatic heterocycles. The van der Waals surface area contributed by atoms with Crippen LogP contribution in [0.4, 0.5) is 0 Å².